The van der Waals surface area contributed by atoms with E-state index < -0.39 is 0 Å². The Bertz CT molecular complexity index is 1050. The average molecular weight is 361 g/mol. The molecule has 1 aliphatic heterocycles. The third-order valence-corrected chi connectivity index (χ3v) is 5.67. The Kier molecular flexibility index (Phi) is 4.02. The number of aromatic amines is 1. The molecule has 138 valence electrons. The Morgan fingerprint density at radius 2 is 1.89 bits per heavy atom. The van der Waals surface area contributed by atoms with Crippen molar-refractivity contribution in [2.45, 2.75) is 25.2 Å². The predicted octanol–water partition coefficient (Wildman–Crippen LogP) is 4.84. The van der Waals surface area contributed by atoms with E-state index in [0.29, 0.717) is 0 Å². The van der Waals surface area contributed by atoms with Gasteiger partial charge in [-0.1, -0.05) is 50.2 Å². The van der Waals surface area contributed by atoms with Gasteiger partial charge in [0.2, 0.25) is 6.54 Å². The van der Waals surface area contributed by atoms with E-state index in [9.17, 15) is 10.1 Å². The number of fused-ring (bicyclic) bond motifs is 2. The standard InChI is InChI=1S/C22H23N3O2/c1-22(2)18-9-5-7-11-20(18)24(3)21(22)12-15(14-25(26)27)17-13-23-19-10-6-4-8-16(17)19/h4-13,15,23H,14H2,1-3H3/b21-12+. The summed E-state index contributed by atoms with van der Waals surface area (Å²) in [6.45, 7) is 4.23. The molecule has 1 aromatic heterocycles. The number of likely N-dealkylation sites (N-methyl/N-ethyl adjacent to an activating group) is 1. The predicted molar refractivity (Wildman–Crippen MR) is 109 cm³/mol. The molecule has 27 heavy (non-hydrogen) atoms. The van der Waals surface area contributed by atoms with Gasteiger partial charge in [0.1, 0.15) is 0 Å². The van der Waals surface area contributed by atoms with E-state index in [-0.39, 0.29) is 22.8 Å². The fourth-order valence-corrected chi connectivity index (χ4v) is 4.29. The summed E-state index contributed by atoms with van der Waals surface area (Å²) in [5.41, 5.74) is 5.27. The number of nitrogens with one attached hydrogen (secondary N) is 1. The van der Waals surface area contributed by atoms with Crippen molar-refractivity contribution in [3.63, 3.8) is 0 Å². The largest absolute Gasteiger partial charge is 0.361 e. The number of benzene rings is 2. The number of nitrogens with zero attached hydrogens (tertiary/aromatic N) is 2. The summed E-state index contributed by atoms with van der Waals surface area (Å²) in [6, 6.07) is 16.3. The van der Waals surface area contributed by atoms with Gasteiger partial charge >= 0.3 is 0 Å². The molecule has 5 nitrogen and oxygen atoms in total. The molecule has 3 aromatic rings. The summed E-state index contributed by atoms with van der Waals surface area (Å²) >= 11 is 0. The molecule has 2 aromatic carbocycles. The van der Waals surface area contributed by atoms with Gasteiger partial charge in [-0.05, 0) is 29.3 Å². The number of para-hydroxylation sites is 2. The Hall–Kier alpha value is -3.08. The number of hydrogen-bond donors (Lipinski definition) is 1. The van der Waals surface area contributed by atoms with Gasteiger partial charge in [-0.3, -0.25) is 10.1 Å². The summed E-state index contributed by atoms with van der Waals surface area (Å²) in [5, 5.41) is 12.5. The molecule has 1 atom stereocenters. The Morgan fingerprint density at radius 3 is 2.63 bits per heavy atom. The minimum atomic E-state index is -0.304. The monoisotopic (exact) mass is 361 g/mol. The number of rotatable bonds is 4. The Labute approximate surface area is 158 Å². The van der Waals surface area contributed by atoms with Crippen molar-refractivity contribution >= 4 is 16.6 Å². The lowest BCUT2D eigenvalue weighted by Crippen LogP contribution is -2.24. The van der Waals surface area contributed by atoms with Crippen molar-refractivity contribution < 1.29 is 4.92 Å². The number of nitro groups is 1. The van der Waals surface area contributed by atoms with Crippen molar-refractivity contribution in [2.24, 2.45) is 0 Å². The summed E-state index contributed by atoms with van der Waals surface area (Å²) in [4.78, 5) is 16.6. The molecule has 0 spiro atoms. The van der Waals surface area contributed by atoms with Crippen LogP contribution in [0.5, 0.6) is 0 Å². The lowest BCUT2D eigenvalue weighted by Gasteiger charge is -2.25. The van der Waals surface area contributed by atoms with Crippen LogP contribution < -0.4 is 4.90 Å². The summed E-state index contributed by atoms with van der Waals surface area (Å²) < 4.78 is 0. The smallest absolute Gasteiger partial charge is 0.214 e. The quantitative estimate of drug-likeness (QED) is 0.534. The van der Waals surface area contributed by atoms with Crippen molar-refractivity contribution in [3.8, 4) is 0 Å². The number of allylic oxidation sites excluding steroid dienone is 1. The molecular formula is C22H23N3O2. The van der Waals surface area contributed by atoms with Crippen LogP contribution in [0.4, 0.5) is 5.69 Å². The van der Waals surface area contributed by atoms with Crippen LogP contribution in [0.2, 0.25) is 0 Å². The third kappa shape index (κ3) is 2.79. The van der Waals surface area contributed by atoms with E-state index in [1.807, 2.05) is 49.6 Å². The molecule has 1 N–H and O–H groups in total. The summed E-state index contributed by atoms with van der Waals surface area (Å²) in [6.07, 6.45) is 3.99. The number of anilines is 1. The first-order chi connectivity index (χ1) is 12.9. The van der Waals surface area contributed by atoms with Gasteiger partial charge < -0.3 is 9.88 Å². The zero-order valence-electron chi connectivity index (χ0n) is 15.8. The van der Waals surface area contributed by atoms with Gasteiger partial charge in [0.05, 0.1) is 5.92 Å². The molecule has 5 heteroatoms. The van der Waals surface area contributed by atoms with Gasteiger partial charge in [0, 0.05) is 45.9 Å². The van der Waals surface area contributed by atoms with Crippen molar-refractivity contribution in [2.75, 3.05) is 18.5 Å². The lowest BCUT2D eigenvalue weighted by atomic mass is 9.82. The van der Waals surface area contributed by atoms with Crippen LogP contribution in [-0.4, -0.2) is 23.5 Å². The van der Waals surface area contributed by atoms with Crippen LogP contribution in [0.3, 0.4) is 0 Å². The highest BCUT2D eigenvalue weighted by atomic mass is 16.6. The van der Waals surface area contributed by atoms with Crippen LogP contribution in [-0.2, 0) is 5.41 Å². The van der Waals surface area contributed by atoms with Crippen molar-refractivity contribution in [1.29, 1.82) is 0 Å². The molecule has 0 aliphatic carbocycles. The van der Waals surface area contributed by atoms with Gasteiger partial charge in [0.15, 0.2) is 0 Å². The molecule has 1 unspecified atom stereocenters. The first-order valence-corrected chi connectivity index (χ1v) is 9.13. The zero-order chi connectivity index (χ0) is 19.2. The van der Waals surface area contributed by atoms with Crippen LogP contribution in [0.15, 0.2) is 66.5 Å². The molecular weight excluding hydrogens is 338 g/mol. The van der Waals surface area contributed by atoms with Crippen molar-refractivity contribution in [1.82, 2.24) is 4.98 Å². The molecule has 4 rings (SSSR count). The zero-order valence-corrected chi connectivity index (χ0v) is 15.8. The number of aromatic nitrogens is 1. The first kappa shape index (κ1) is 17.3. The second kappa shape index (κ2) is 6.27. The second-order valence-corrected chi connectivity index (χ2v) is 7.66. The molecule has 2 heterocycles. The maximum Gasteiger partial charge on any atom is 0.214 e. The van der Waals surface area contributed by atoms with Gasteiger partial charge in [-0.25, -0.2) is 0 Å². The highest BCUT2D eigenvalue weighted by molar-refractivity contribution is 5.84. The Morgan fingerprint density at radius 1 is 1.19 bits per heavy atom. The van der Waals surface area contributed by atoms with Gasteiger partial charge in [-0.15, -0.1) is 0 Å². The van der Waals surface area contributed by atoms with E-state index in [0.717, 1.165) is 27.9 Å². The molecule has 0 saturated heterocycles. The minimum Gasteiger partial charge on any atom is -0.361 e. The summed E-state index contributed by atoms with van der Waals surface area (Å²) in [7, 11) is 2.04. The maximum absolute atomic E-state index is 11.4. The van der Waals surface area contributed by atoms with E-state index in [2.05, 4.69) is 41.9 Å². The normalized spacial score (nSPS) is 18.0. The lowest BCUT2D eigenvalue weighted by molar-refractivity contribution is -0.481. The number of hydrogen-bond acceptors (Lipinski definition) is 3. The molecule has 0 bridgehead atoms. The van der Waals surface area contributed by atoms with Crippen molar-refractivity contribution in [3.05, 3.63) is 87.7 Å². The topological polar surface area (TPSA) is 62.2 Å². The third-order valence-electron chi connectivity index (χ3n) is 5.67. The van der Waals surface area contributed by atoms with Crippen LogP contribution in [0.25, 0.3) is 10.9 Å². The van der Waals surface area contributed by atoms with Gasteiger partial charge in [-0.2, -0.15) is 0 Å². The highest BCUT2D eigenvalue weighted by Crippen LogP contribution is 2.47. The maximum atomic E-state index is 11.4. The van der Waals surface area contributed by atoms with E-state index >= 15 is 0 Å². The molecule has 0 radical (unpaired) electrons. The fourth-order valence-electron chi connectivity index (χ4n) is 4.29. The SMILES string of the molecule is CN1/C(=C/C(C[N+](=O)[O-])c2c[nH]c3ccccc23)C(C)(C)c2ccccc21. The minimum absolute atomic E-state index is 0.133. The Balaban J connectivity index is 1.84. The van der Waals surface area contributed by atoms with Crippen LogP contribution in [0.1, 0.15) is 30.9 Å². The van der Waals surface area contributed by atoms with E-state index in [1.54, 1.807) is 0 Å². The first-order valence-electron chi connectivity index (χ1n) is 9.13. The fraction of sp³-hybridized carbons (Fsp3) is 0.273. The molecule has 0 amide bonds. The van der Waals surface area contributed by atoms with E-state index in [4.69, 9.17) is 0 Å². The molecule has 1 aliphatic rings. The number of H-pyrrole nitrogens is 1. The molecule has 0 fully saturated rings. The highest BCUT2D eigenvalue weighted by Gasteiger charge is 2.39. The average Bonchev–Trinajstić information content (AvgIpc) is 3.15. The van der Waals surface area contributed by atoms with E-state index in [1.165, 1.54) is 5.56 Å². The van der Waals surface area contributed by atoms with Gasteiger partial charge in [0.25, 0.3) is 0 Å². The van der Waals surface area contributed by atoms with Crippen LogP contribution >= 0.6 is 0 Å². The second-order valence-electron chi connectivity index (χ2n) is 7.66. The molecule has 0 saturated carbocycles. The summed E-state index contributed by atoms with van der Waals surface area (Å²) in [5.74, 6) is -0.304. The van der Waals surface area contributed by atoms with Crippen LogP contribution in [0, 0.1) is 10.1 Å².